The van der Waals surface area contributed by atoms with E-state index in [-0.39, 0.29) is 16.1 Å². The summed E-state index contributed by atoms with van der Waals surface area (Å²) in [4.78, 5) is 10.9. The third kappa shape index (κ3) is 3.21. The number of sulfonamides is 1. The largest absolute Gasteiger partial charge is 0.468 e. The molecule has 0 saturated heterocycles. The van der Waals surface area contributed by atoms with Gasteiger partial charge in [-0.1, -0.05) is 0 Å². The molecule has 1 rings (SSSR count). The van der Waals surface area contributed by atoms with Crippen LogP contribution in [0.1, 0.15) is 5.56 Å². The summed E-state index contributed by atoms with van der Waals surface area (Å²) in [6, 6.07) is 5.69. The monoisotopic (exact) mass is 283 g/mol. The van der Waals surface area contributed by atoms with Crippen molar-refractivity contribution in [2.45, 2.75) is 4.90 Å². The number of anilines is 1. The van der Waals surface area contributed by atoms with Gasteiger partial charge in [-0.2, -0.15) is 9.57 Å². The number of esters is 1. The highest BCUT2D eigenvalue weighted by molar-refractivity contribution is 7.89. The van der Waals surface area contributed by atoms with Crippen LogP contribution in [0.2, 0.25) is 0 Å². The van der Waals surface area contributed by atoms with E-state index in [1.807, 2.05) is 6.07 Å². The van der Waals surface area contributed by atoms with E-state index in [0.717, 1.165) is 4.31 Å². The van der Waals surface area contributed by atoms with Crippen molar-refractivity contribution >= 4 is 21.7 Å². The zero-order chi connectivity index (χ0) is 14.6. The van der Waals surface area contributed by atoms with Gasteiger partial charge in [0.2, 0.25) is 10.0 Å². The molecule has 8 heteroatoms. The van der Waals surface area contributed by atoms with Crippen molar-refractivity contribution < 1.29 is 17.9 Å². The van der Waals surface area contributed by atoms with Gasteiger partial charge in [0, 0.05) is 7.05 Å². The Labute approximate surface area is 111 Å². The summed E-state index contributed by atoms with van der Waals surface area (Å²) in [5.41, 5.74) is 5.82. The summed E-state index contributed by atoms with van der Waals surface area (Å²) >= 11 is 0. The lowest BCUT2D eigenvalue weighted by molar-refractivity contribution is -0.140. The molecule has 0 aromatic heterocycles. The molecule has 0 unspecified atom stereocenters. The third-order valence-electron chi connectivity index (χ3n) is 2.41. The summed E-state index contributed by atoms with van der Waals surface area (Å²) < 4.78 is 29.5. The molecule has 0 saturated carbocycles. The van der Waals surface area contributed by atoms with Crippen LogP contribution in [0, 0.1) is 11.3 Å². The van der Waals surface area contributed by atoms with E-state index >= 15 is 0 Å². The minimum Gasteiger partial charge on any atom is -0.468 e. The third-order valence-corrected chi connectivity index (χ3v) is 4.28. The Morgan fingerprint density at radius 2 is 2.16 bits per heavy atom. The summed E-state index contributed by atoms with van der Waals surface area (Å²) in [7, 11) is -1.50. The highest BCUT2D eigenvalue weighted by Crippen LogP contribution is 2.22. The minimum absolute atomic E-state index is 0.0456. The standard InChI is InChI=1S/C11H13N3O4S/c1-14(7-11(15)18-2)19(16,17)10-4-3-8(6-12)5-9(10)13/h3-5H,7,13H2,1-2H3. The number of carbonyl (C=O) groups is 1. The smallest absolute Gasteiger partial charge is 0.321 e. The van der Waals surface area contributed by atoms with E-state index in [2.05, 4.69) is 4.74 Å². The number of nitriles is 1. The first-order valence-electron chi connectivity index (χ1n) is 5.15. The van der Waals surface area contributed by atoms with Gasteiger partial charge in [-0.05, 0) is 18.2 Å². The van der Waals surface area contributed by atoms with Crippen molar-refractivity contribution in [2.75, 3.05) is 26.4 Å². The minimum atomic E-state index is -3.90. The second-order valence-corrected chi connectivity index (χ2v) is 5.71. The highest BCUT2D eigenvalue weighted by atomic mass is 32.2. The number of hydrogen-bond acceptors (Lipinski definition) is 6. The zero-order valence-electron chi connectivity index (χ0n) is 10.5. The predicted octanol–water partition coefficient (Wildman–Crippen LogP) is -0.0660. The van der Waals surface area contributed by atoms with Gasteiger partial charge in [-0.25, -0.2) is 8.42 Å². The number of rotatable bonds is 4. The van der Waals surface area contributed by atoms with E-state index in [4.69, 9.17) is 11.0 Å². The van der Waals surface area contributed by atoms with Crippen LogP contribution in [0.15, 0.2) is 23.1 Å². The summed E-state index contributed by atoms with van der Waals surface area (Å²) in [5, 5.41) is 8.69. The predicted molar refractivity (Wildman–Crippen MR) is 67.4 cm³/mol. The fraction of sp³-hybridized carbons (Fsp3) is 0.273. The number of nitrogens with two attached hydrogens (primary N) is 1. The number of benzene rings is 1. The number of methoxy groups -OCH3 is 1. The molecule has 0 bridgehead atoms. The molecule has 7 nitrogen and oxygen atoms in total. The van der Waals surface area contributed by atoms with Crippen molar-refractivity contribution in [2.24, 2.45) is 0 Å². The van der Waals surface area contributed by atoms with E-state index in [9.17, 15) is 13.2 Å². The van der Waals surface area contributed by atoms with Gasteiger partial charge in [0.05, 0.1) is 24.4 Å². The molecule has 0 amide bonds. The maximum absolute atomic E-state index is 12.2. The molecule has 19 heavy (non-hydrogen) atoms. The van der Waals surface area contributed by atoms with Crippen LogP contribution >= 0.6 is 0 Å². The maximum Gasteiger partial charge on any atom is 0.321 e. The van der Waals surface area contributed by atoms with Crippen molar-refractivity contribution in [3.05, 3.63) is 23.8 Å². The van der Waals surface area contributed by atoms with Gasteiger partial charge in [0.1, 0.15) is 11.4 Å². The van der Waals surface area contributed by atoms with Gasteiger partial charge in [-0.15, -0.1) is 0 Å². The molecular formula is C11H13N3O4S. The Bertz CT molecular complexity index is 634. The van der Waals surface area contributed by atoms with Crippen LogP contribution in [-0.2, 0) is 19.6 Å². The van der Waals surface area contributed by atoms with Crippen molar-refractivity contribution in [3.63, 3.8) is 0 Å². The topological polar surface area (TPSA) is 113 Å². The van der Waals surface area contributed by atoms with Gasteiger partial charge < -0.3 is 10.5 Å². The molecular weight excluding hydrogens is 270 g/mol. The Morgan fingerprint density at radius 3 is 2.63 bits per heavy atom. The molecule has 0 radical (unpaired) electrons. The average Bonchev–Trinajstić information content (AvgIpc) is 2.37. The summed E-state index contributed by atoms with van der Waals surface area (Å²) in [6.07, 6.45) is 0. The average molecular weight is 283 g/mol. The molecule has 0 spiro atoms. The first kappa shape index (κ1) is 14.9. The molecule has 0 heterocycles. The van der Waals surface area contributed by atoms with Gasteiger partial charge in [-0.3, -0.25) is 4.79 Å². The fourth-order valence-corrected chi connectivity index (χ4v) is 2.56. The number of hydrogen-bond donors (Lipinski definition) is 1. The fourth-order valence-electron chi connectivity index (χ4n) is 1.35. The maximum atomic E-state index is 12.2. The summed E-state index contributed by atoms with van der Waals surface area (Å²) in [5.74, 6) is -0.682. The van der Waals surface area contributed by atoms with Crippen LogP contribution in [-0.4, -0.2) is 39.4 Å². The van der Waals surface area contributed by atoms with Crippen LogP contribution in [0.5, 0.6) is 0 Å². The summed E-state index contributed by atoms with van der Waals surface area (Å²) in [6.45, 7) is -0.418. The first-order valence-corrected chi connectivity index (χ1v) is 6.59. The van der Waals surface area contributed by atoms with Crippen LogP contribution in [0.3, 0.4) is 0 Å². The molecule has 0 fully saturated rings. The van der Waals surface area contributed by atoms with E-state index in [0.29, 0.717) is 0 Å². The van der Waals surface area contributed by atoms with E-state index in [1.54, 1.807) is 0 Å². The molecule has 2 N–H and O–H groups in total. The number of nitrogen functional groups attached to an aromatic ring is 1. The van der Waals surface area contributed by atoms with Gasteiger partial charge in [0.15, 0.2) is 0 Å². The quantitative estimate of drug-likeness (QED) is 0.611. The molecule has 0 aliphatic heterocycles. The number of nitrogens with zero attached hydrogens (tertiary/aromatic N) is 2. The second kappa shape index (κ2) is 5.69. The molecule has 0 aliphatic carbocycles. The van der Waals surface area contributed by atoms with Crippen LogP contribution < -0.4 is 5.73 Å². The SMILES string of the molecule is COC(=O)CN(C)S(=O)(=O)c1ccc(C#N)cc1N. The molecule has 102 valence electrons. The number of carbonyl (C=O) groups excluding carboxylic acids is 1. The van der Waals surface area contributed by atoms with Crippen molar-refractivity contribution in [1.29, 1.82) is 5.26 Å². The number of likely N-dealkylation sites (N-methyl/N-ethyl adjacent to an activating group) is 1. The van der Waals surface area contributed by atoms with E-state index < -0.39 is 22.5 Å². The normalized spacial score (nSPS) is 11.1. The highest BCUT2D eigenvalue weighted by Gasteiger charge is 2.25. The van der Waals surface area contributed by atoms with Crippen LogP contribution in [0.25, 0.3) is 0 Å². The van der Waals surface area contributed by atoms with Crippen LogP contribution in [0.4, 0.5) is 5.69 Å². The molecule has 1 aromatic rings. The molecule has 0 aliphatic rings. The lowest BCUT2D eigenvalue weighted by atomic mass is 10.2. The van der Waals surface area contributed by atoms with Crippen molar-refractivity contribution in [3.8, 4) is 6.07 Å². The van der Waals surface area contributed by atoms with Gasteiger partial charge in [0.25, 0.3) is 0 Å². The van der Waals surface area contributed by atoms with Crippen molar-refractivity contribution in [1.82, 2.24) is 4.31 Å². The molecule has 1 aromatic carbocycles. The zero-order valence-corrected chi connectivity index (χ0v) is 11.3. The Hall–Kier alpha value is -2.11. The Morgan fingerprint density at radius 1 is 1.53 bits per heavy atom. The Kier molecular flexibility index (Phi) is 4.47. The lowest BCUT2D eigenvalue weighted by Gasteiger charge is -2.17. The molecule has 0 atom stereocenters. The first-order chi connectivity index (χ1) is 8.82. The lowest BCUT2D eigenvalue weighted by Crippen LogP contribution is -2.33. The second-order valence-electron chi connectivity index (χ2n) is 3.70. The van der Waals surface area contributed by atoms with E-state index in [1.165, 1.54) is 32.4 Å². The number of ether oxygens (including phenoxy) is 1. The van der Waals surface area contributed by atoms with Gasteiger partial charge >= 0.3 is 5.97 Å². The Balaban J connectivity index is 3.14.